The summed E-state index contributed by atoms with van der Waals surface area (Å²) in [5, 5.41) is 7.33. The lowest BCUT2D eigenvalue weighted by atomic mass is 10.2. The van der Waals surface area contributed by atoms with Crippen molar-refractivity contribution in [3.05, 3.63) is 77.9 Å². The second kappa shape index (κ2) is 11.2. The van der Waals surface area contributed by atoms with Gasteiger partial charge in [0.1, 0.15) is 34.9 Å². The van der Waals surface area contributed by atoms with E-state index in [-0.39, 0.29) is 23.0 Å². The molecule has 0 aliphatic carbocycles. The van der Waals surface area contributed by atoms with Crippen molar-refractivity contribution in [2.75, 3.05) is 21.3 Å². The predicted octanol–water partition coefficient (Wildman–Crippen LogP) is 3.88. The van der Waals surface area contributed by atoms with Crippen LogP contribution >= 0.6 is 0 Å². The van der Waals surface area contributed by atoms with Crippen LogP contribution in [0.1, 0.15) is 30.2 Å². The van der Waals surface area contributed by atoms with Crippen LogP contribution in [-0.4, -0.2) is 59.7 Å². The normalized spacial score (nSPS) is 13.2. The van der Waals surface area contributed by atoms with Crippen molar-refractivity contribution in [2.45, 2.75) is 31.0 Å². The number of aromatic nitrogens is 5. The zero-order valence-electron chi connectivity index (χ0n) is 21.6. The molecule has 0 saturated carbocycles. The average molecular weight is 542 g/mol. The molecule has 38 heavy (non-hydrogen) atoms. The highest BCUT2D eigenvalue weighted by Gasteiger charge is 2.35. The molecule has 0 aliphatic heterocycles. The van der Waals surface area contributed by atoms with Gasteiger partial charge in [-0.3, -0.25) is 4.57 Å². The van der Waals surface area contributed by atoms with Gasteiger partial charge in [0, 0.05) is 19.5 Å². The van der Waals surface area contributed by atoms with Gasteiger partial charge in [-0.2, -0.15) is 0 Å². The summed E-state index contributed by atoms with van der Waals surface area (Å²) in [5.74, 6) is 0.00424. The monoisotopic (exact) mass is 541 g/mol. The number of halogens is 1. The first kappa shape index (κ1) is 27.1. The van der Waals surface area contributed by atoms with Gasteiger partial charge in [-0.25, -0.2) is 22.8 Å². The Hall–Kier alpha value is -3.90. The molecule has 200 valence electrons. The number of aryl methyl sites for hydroxylation is 1. The van der Waals surface area contributed by atoms with E-state index in [1.54, 1.807) is 42.7 Å². The van der Waals surface area contributed by atoms with Crippen LogP contribution in [0.5, 0.6) is 11.5 Å². The molecule has 2 aromatic carbocycles. The van der Waals surface area contributed by atoms with Crippen LogP contribution in [0.3, 0.4) is 0 Å². The van der Waals surface area contributed by atoms with E-state index >= 15 is 0 Å². The van der Waals surface area contributed by atoms with Gasteiger partial charge < -0.3 is 14.2 Å². The van der Waals surface area contributed by atoms with Crippen LogP contribution < -0.4 is 9.47 Å². The third kappa shape index (κ3) is 5.22. The van der Waals surface area contributed by atoms with Gasteiger partial charge in [-0.1, -0.05) is 18.2 Å². The SMILES string of the molecule is COc1cccc(OC)c1-n1c(CS(=O)(=O)[C@@H](C)[C@H](OC)c2ncc(C)cn2)nnc1-c1ccccc1F. The van der Waals surface area contributed by atoms with E-state index in [9.17, 15) is 12.8 Å². The number of hydrogen-bond donors (Lipinski definition) is 0. The third-order valence-corrected chi connectivity index (χ3v) is 8.14. The molecule has 2 atom stereocenters. The Morgan fingerprint density at radius 1 is 0.947 bits per heavy atom. The van der Waals surface area contributed by atoms with Crippen molar-refractivity contribution in [2.24, 2.45) is 0 Å². The fourth-order valence-electron chi connectivity index (χ4n) is 4.07. The molecule has 0 fully saturated rings. The summed E-state index contributed by atoms with van der Waals surface area (Å²) in [6.07, 6.45) is 2.27. The number of ether oxygens (including phenoxy) is 3. The Morgan fingerprint density at radius 2 is 1.58 bits per heavy atom. The lowest BCUT2D eigenvalue weighted by Gasteiger charge is -2.22. The molecule has 0 saturated heterocycles. The van der Waals surface area contributed by atoms with Crippen molar-refractivity contribution >= 4 is 9.84 Å². The maximum Gasteiger partial charge on any atom is 0.171 e. The minimum Gasteiger partial charge on any atom is -0.494 e. The first-order valence-corrected chi connectivity index (χ1v) is 13.4. The van der Waals surface area contributed by atoms with Crippen LogP contribution in [0.25, 0.3) is 17.1 Å². The van der Waals surface area contributed by atoms with E-state index in [4.69, 9.17) is 14.2 Å². The zero-order chi connectivity index (χ0) is 27.4. The molecular formula is C26H28FN5O5S. The Bertz CT molecular complexity index is 1500. The van der Waals surface area contributed by atoms with Crippen LogP contribution in [0.15, 0.2) is 54.9 Å². The predicted molar refractivity (Wildman–Crippen MR) is 138 cm³/mol. The Kier molecular flexibility index (Phi) is 8.02. The molecule has 2 heterocycles. The number of benzene rings is 2. The first-order valence-electron chi connectivity index (χ1n) is 11.6. The fourth-order valence-corrected chi connectivity index (χ4v) is 5.49. The molecule has 0 aliphatic rings. The van der Waals surface area contributed by atoms with E-state index in [0.29, 0.717) is 17.2 Å². The van der Waals surface area contributed by atoms with Gasteiger partial charge in [0.05, 0.1) is 25.0 Å². The van der Waals surface area contributed by atoms with Crippen molar-refractivity contribution in [3.63, 3.8) is 0 Å². The van der Waals surface area contributed by atoms with Crippen molar-refractivity contribution in [1.29, 1.82) is 0 Å². The van der Waals surface area contributed by atoms with Crippen LogP contribution in [0.4, 0.5) is 4.39 Å². The lowest BCUT2D eigenvalue weighted by molar-refractivity contribution is 0.0947. The zero-order valence-corrected chi connectivity index (χ0v) is 22.4. The second-order valence-corrected chi connectivity index (χ2v) is 10.9. The van der Waals surface area contributed by atoms with Crippen molar-refractivity contribution in [3.8, 4) is 28.6 Å². The maximum absolute atomic E-state index is 14.9. The summed E-state index contributed by atoms with van der Waals surface area (Å²) < 4.78 is 60.3. The Balaban J connectivity index is 1.85. The molecule has 0 amide bonds. The van der Waals surface area contributed by atoms with Crippen LogP contribution in [-0.2, 0) is 20.3 Å². The molecule has 4 rings (SSSR count). The van der Waals surface area contributed by atoms with Gasteiger partial charge in [0.15, 0.2) is 27.3 Å². The first-order chi connectivity index (χ1) is 18.2. The van der Waals surface area contributed by atoms with E-state index in [0.717, 1.165) is 5.56 Å². The number of methoxy groups -OCH3 is 3. The Morgan fingerprint density at radius 3 is 2.16 bits per heavy atom. The minimum absolute atomic E-state index is 0.0394. The Labute approximate surface area is 220 Å². The number of para-hydroxylation sites is 1. The number of rotatable bonds is 10. The topological polar surface area (TPSA) is 118 Å². The molecule has 0 spiro atoms. The quantitative estimate of drug-likeness (QED) is 0.295. The lowest BCUT2D eigenvalue weighted by Crippen LogP contribution is -2.30. The molecule has 0 N–H and O–H groups in total. The summed E-state index contributed by atoms with van der Waals surface area (Å²) in [7, 11) is 0.400. The van der Waals surface area contributed by atoms with Gasteiger partial charge in [0.2, 0.25) is 0 Å². The molecule has 2 aromatic heterocycles. The largest absolute Gasteiger partial charge is 0.494 e. The highest BCUT2D eigenvalue weighted by atomic mass is 32.2. The second-order valence-electron chi connectivity index (χ2n) is 8.55. The van der Waals surface area contributed by atoms with Crippen LogP contribution in [0.2, 0.25) is 0 Å². The molecule has 12 heteroatoms. The summed E-state index contributed by atoms with van der Waals surface area (Å²) in [4.78, 5) is 8.49. The smallest absolute Gasteiger partial charge is 0.171 e. The van der Waals surface area contributed by atoms with E-state index in [1.807, 2.05) is 6.92 Å². The van der Waals surface area contributed by atoms with E-state index in [1.165, 1.54) is 45.0 Å². The van der Waals surface area contributed by atoms with Gasteiger partial charge in [0.25, 0.3) is 0 Å². The summed E-state index contributed by atoms with van der Waals surface area (Å²) >= 11 is 0. The van der Waals surface area contributed by atoms with Crippen molar-refractivity contribution < 1.29 is 27.0 Å². The maximum atomic E-state index is 14.9. The van der Waals surface area contributed by atoms with Gasteiger partial charge in [-0.05, 0) is 43.7 Å². The van der Waals surface area contributed by atoms with Crippen molar-refractivity contribution in [1.82, 2.24) is 24.7 Å². The standard InChI is InChI=1S/C26H28FN5O5S/c1-16-13-28-25(29-14-16)24(37-5)17(2)38(33,34)15-22-30-31-26(18-9-6-7-10-19(18)27)32(22)23-20(35-3)11-8-12-21(23)36-4/h6-14,17,24H,15H2,1-5H3/t17-,24-/m0/s1. The molecule has 0 bridgehead atoms. The molecule has 10 nitrogen and oxygen atoms in total. The molecule has 0 unspecified atom stereocenters. The summed E-state index contributed by atoms with van der Waals surface area (Å²) in [6.45, 7) is 3.35. The fraction of sp³-hybridized carbons (Fsp3) is 0.308. The highest BCUT2D eigenvalue weighted by molar-refractivity contribution is 7.91. The molecular weight excluding hydrogens is 513 g/mol. The van der Waals surface area contributed by atoms with Crippen LogP contribution in [0, 0.1) is 12.7 Å². The van der Waals surface area contributed by atoms with E-state index in [2.05, 4.69) is 20.2 Å². The molecule has 4 aromatic rings. The minimum atomic E-state index is -3.94. The number of hydrogen-bond acceptors (Lipinski definition) is 9. The molecule has 0 radical (unpaired) electrons. The van der Waals surface area contributed by atoms with Gasteiger partial charge >= 0.3 is 0 Å². The summed E-state index contributed by atoms with van der Waals surface area (Å²) in [5.41, 5.74) is 1.30. The number of sulfone groups is 1. The third-order valence-electron chi connectivity index (χ3n) is 6.10. The van der Waals surface area contributed by atoms with Gasteiger partial charge in [-0.15, -0.1) is 10.2 Å². The van der Waals surface area contributed by atoms with E-state index < -0.39 is 32.8 Å². The number of nitrogens with zero attached hydrogens (tertiary/aromatic N) is 5. The average Bonchev–Trinajstić information content (AvgIpc) is 3.31. The summed E-state index contributed by atoms with van der Waals surface area (Å²) in [6, 6.07) is 11.1. The highest BCUT2D eigenvalue weighted by Crippen LogP contribution is 2.37.